The van der Waals surface area contributed by atoms with Crippen molar-refractivity contribution in [3.8, 4) is 5.88 Å². The molecule has 1 aliphatic carbocycles. The first-order valence-corrected chi connectivity index (χ1v) is 9.08. The predicted octanol–water partition coefficient (Wildman–Crippen LogP) is 2.38. The number of amides is 2. The van der Waals surface area contributed by atoms with Crippen LogP contribution in [-0.4, -0.2) is 53.1 Å². The van der Waals surface area contributed by atoms with Crippen molar-refractivity contribution in [2.45, 2.75) is 12.6 Å². The van der Waals surface area contributed by atoms with Gasteiger partial charge in [-0.25, -0.2) is 9.78 Å². The van der Waals surface area contributed by atoms with Gasteiger partial charge in [-0.1, -0.05) is 35.9 Å². The number of allylic oxidation sites excluding steroid dienone is 2. The van der Waals surface area contributed by atoms with E-state index in [2.05, 4.69) is 10.3 Å². The second kappa shape index (κ2) is 8.86. The van der Waals surface area contributed by atoms with E-state index in [9.17, 15) is 14.7 Å². The SMILES string of the molecule is COc1ncc(CN(CCO)C(=O)N[C@@H]2C=CC(=O)C(Cl)=C2)c2ccccc12. The highest BCUT2D eigenvalue weighted by Gasteiger charge is 2.20. The standard InChI is InChI=1S/C20H20ClN3O4/c1-28-19-16-5-3-2-4-15(16)13(11-22-19)12-24(8-9-25)20(27)23-14-6-7-18(26)17(21)10-14/h2-7,10-11,14,25H,8-9,12H2,1H3,(H,23,27)/t14-/m1/s1. The zero-order chi connectivity index (χ0) is 20.1. The lowest BCUT2D eigenvalue weighted by Gasteiger charge is -2.25. The lowest BCUT2D eigenvalue weighted by atomic mass is 10.1. The molecule has 0 radical (unpaired) electrons. The second-order valence-corrected chi connectivity index (χ2v) is 6.60. The molecule has 1 aromatic carbocycles. The number of methoxy groups -OCH3 is 1. The van der Waals surface area contributed by atoms with Crippen molar-refractivity contribution in [3.05, 3.63) is 59.3 Å². The maximum absolute atomic E-state index is 12.7. The van der Waals surface area contributed by atoms with Gasteiger partial charge in [-0.2, -0.15) is 0 Å². The quantitative estimate of drug-likeness (QED) is 0.775. The van der Waals surface area contributed by atoms with Crippen LogP contribution < -0.4 is 10.1 Å². The minimum absolute atomic E-state index is 0.0619. The van der Waals surface area contributed by atoms with Crippen LogP contribution in [0.2, 0.25) is 0 Å². The smallest absolute Gasteiger partial charge is 0.318 e. The lowest BCUT2D eigenvalue weighted by Crippen LogP contribution is -2.45. The van der Waals surface area contributed by atoms with E-state index in [0.29, 0.717) is 5.88 Å². The first kappa shape index (κ1) is 19.9. The molecule has 0 saturated carbocycles. The van der Waals surface area contributed by atoms with Gasteiger partial charge in [0.2, 0.25) is 5.88 Å². The number of nitrogens with zero attached hydrogens (tertiary/aromatic N) is 2. The molecule has 2 amide bonds. The molecule has 2 N–H and O–H groups in total. The highest BCUT2D eigenvalue weighted by molar-refractivity contribution is 6.44. The summed E-state index contributed by atoms with van der Waals surface area (Å²) < 4.78 is 5.30. The van der Waals surface area contributed by atoms with Gasteiger partial charge in [-0.15, -0.1) is 0 Å². The summed E-state index contributed by atoms with van der Waals surface area (Å²) in [5.74, 6) is 0.212. The Balaban J connectivity index is 1.82. The Hall–Kier alpha value is -2.90. The molecule has 146 valence electrons. The third-order valence-corrected chi connectivity index (χ3v) is 4.67. The number of rotatable bonds is 6. The van der Waals surface area contributed by atoms with Crippen molar-refractivity contribution in [1.29, 1.82) is 0 Å². The molecular weight excluding hydrogens is 382 g/mol. The fourth-order valence-corrected chi connectivity index (χ4v) is 3.18. The summed E-state index contributed by atoms with van der Waals surface area (Å²) in [4.78, 5) is 29.9. The molecule has 1 atom stereocenters. The number of ketones is 1. The molecule has 8 heteroatoms. The van der Waals surface area contributed by atoms with Crippen LogP contribution in [0.1, 0.15) is 5.56 Å². The third kappa shape index (κ3) is 4.32. The molecule has 28 heavy (non-hydrogen) atoms. The largest absolute Gasteiger partial charge is 0.481 e. The van der Waals surface area contributed by atoms with Crippen LogP contribution in [0.4, 0.5) is 4.79 Å². The number of nitrogens with one attached hydrogen (secondary N) is 1. The number of carbonyl (C=O) groups is 2. The van der Waals surface area contributed by atoms with E-state index in [4.69, 9.17) is 16.3 Å². The number of hydrogen-bond donors (Lipinski definition) is 2. The van der Waals surface area contributed by atoms with Gasteiger partial charge >= 0.3 is 6.03 Å². The van der Waals surface area contributed by atoms with Gasteiger partial charge < -0.3 is 20.1 Å². The third-order valence-electron chi connectivity index (χ3n) is 4.36. The number of urea groups is 1. The van der Waals surface area contributed by atoms with Crippen molar-refractivity contribution in [2.24, 2.45) is 0 Å². The normalized spacial score (nSPS) is 16.0. The molecule has 1 heterocycles. The van der Waals surface area contributed by atoms with E-state index >= 15 is 0 Å². The number of halogens is 1. The molecular formula is C20H20ClN3O4. The highest BCUT2D eigenvalue weighted by Crippen LogP contribution is 2.26. The van der Waals surface area contributed by atoms with Crippen LogP contribution in [0.25, 0.3) is 10.8 Å². The van der Waals surface area contributed by atoms with Gasteiger partial charge in [0.05, 0.1) is 24.8 Å². The molecule has 0 bridgehead atoms. The number of aliphatic hydroxyl groups is 1. The number of hydrogen-bond acceptors (Lipinski definition) is 5. The van der Waals surface area contributed by atoms with Crippen molar-refractivity contribution in [1.82, 2.24) is 15.2 Å². The number of pyridine rings is 1. The molecule has 1 aromatic heterocycles. The summed E-state index contributed by atoms with van der Waals surface area (Å²) in [6.45, 7) is 0.195. The van der Waals surface area contributed by atoms with Crippen molar-refractivity contribution >= 4 is 34.2 Å². The van der Waals surface area contributed by atoms with Crippen LogP contribution >= 0.6 is 11.6 Å². The minimum Gasteiger partial charge on any atom is -0.481 e. The number of aliphatic hydroxyl groups excluding tert-OH is 1. The first-order valence-electron chi connectivity index (χ1n) is 8.70. The zero-order valence-corrected chi connectivity index (χ0v) is 16.0. The zero-order valence-electron chi connectivity index (χ0n) is 15.3. The molecule has 2 aromatic rings. The van der Waals surface area contributed by atoms with Crippen molar-refractivity contribution in [2.75, 3.05) is 20.3 Å². The number of carbonyl (C=O) groups excluding carboxylic acids is 2. The Kier molecular flexibility index (Phi) is 6.28. The average molecular weight is 402 g/mol. The number of aromatic nitrogens is 1. The Morgan fingerprint density at radius 1 is 1.36 bits per heavy atom. The van der Waals surface area contributed by atoms with Crippen LogP contribution in [-0.2, 0) is 11.3 Å². The van der Waals surface area contributed by atoms with Crippen molar-refractivity contribution in [3.63, 3.8) is 0 Å². The Bertz CT molecular complexity index is 958. The highest BCUT2D eigenvalue weighted by atomic mass is 35.5. The van der Waals surface area contributed by atoms with Crippen LogP contribution in [0, 0.1) is 0 Å². The molecule has 0 aliphatic heterocycles. The summed E-state index contributed by atoms with van der Waals surface area (Å²) in [5.41, 5.74) is 0.822. The van der Waals surface area contributed by atoms with Crippen LogP contribution in [0.15, 0.2) is 53.7 Å². The van der Waals surface area contributed by atoms with Crippen molar-refractivity contribution < 1.29 is 19.4 Å². The second-order valence-electron chi connectivity index (χ2n) is 6.20. The minimum atomic E-state index is -0.496. The summed E-state index contributed by atoms with van der Waals surface area (Å²) in [6.07, 6.45) is 6.02. The van der Waals surface area contributed by atoms with Gasteiger partial charge in [0.15, 0.2) is 5.78 Å². The maximum Gasteiger partial charge on any atom is 0.318 e. The molecule has 1 aliphatic rings. The molecule has 0 unspecified atom stereocenters. The number of fused-ring (bicyclic) bond motifs is 1. The van der Waals surface area contributed by atoms with E-state index in [1.54, 1.807) is 19.4 Å². The number of ether oxygens (including phenoxy) is 1. The van der Waals surface area contributed by atoms with E-state index < -0.39 is 12.1 Å². The Labute approximate surface area is 167 Å². The molecule has 7 nitrogen and oxygen atoms in total. The van der Waals surface area contributed by atoms with Crippen LogP contribution in [0.3, 0.4) is 0 Å². The summed E-state index contributed by atoms with van der Waals surface area (Å²) in [6, 6.07) is 6.74. The van der Waals surface area contributed by atoms with E-state index in [0.717, 1.165) is 16.3 Å². The van der Waals surface area contributed by atoms with Gasteiger partial charge in [0.1, 0.15) is 0 Å². The van der Waals surface area contributed by atoms with Gasteiger partial charge in [-0.3, -0.25) is 4.79 Å². The van der Waals surface area contributed by atoms with Crippen LogP contribution in [0.5, 0.6) is 5.88 Å². The first-order chi connectivity index (χ1) is 13.5. The summed E-state index contributed by atoms with van der Waals surface area (Å²) >= 11 is 5.84. The maximum atomic E-state index is 12.7. The van der Waals surface area contributed by atoms with Gasteiger partial charge in [0.25, 0.3) is 0 Å². The topological polar surface area (TPSA) is 91.8 Å². The predicted molar refractivity (Wildman–Crippen MR) is 106 cm³/mol. The fraction of sp³-hybridized carbons (Fsp3) is 0.250. The van der Waals surface area contributed by atoms with Gasteiger partial charge in [0, 0.05) is 24.7 Å². The lowest BCUT2D eigenvalue weighted by molar-refractivity contribution is -0.110. The summed E-state index contributed by atoms with van der Waals surface area (Å²) in [7, 11) is 1.56. The summed E-state index contributed by atoms with van der Waals surface area (Å²) in [5, 5.41) is 14.0. The molecule has 0 saturated heterocycles. The van der Waals surface area contributed by atoms with E-state index in [-0.39, 0.29) is 30.5 Å². The van der Waals surface area contributed by atoms with E-state index in [1.807, 2.05) is 24.3 Å². The molecule has 0 fully saturated rings. The fourth-order valence-electron chi connectivity index (χ4n) is 2.98. The van der Waals surface area contributed by atoms with Gasteiger partial charge in [-0.05, 0) is 29.2 Å². The Morgan fingerprint density at radius 3 is 2.79 bits per heavy atom. The average Bonchev–Trinajstić information content (AvgIpc) is 2.70. The monoisotopic (exact) mass is 401 g/mol. The molecule has 3 rings (SSSR count). The Morgan fingerprint density at radius 2 is 2.11 bits per heavy atom. The number of benzene rings is 1. The van der Waals surface area contributed by atoms with E-state index in [1.165, 1.54) is 17.1 Å². The molecule has 0 spiro atoms.